The van der Waals surface area contributed by atoms with Gasteiger partial charge in [0.05, 0.1) is 18.8 Å². The van der Waals surface area contributed by atoms with Gasteiger partial charge in [0.2, 0.25) is 0 Å². The van der Waals surface area contributed by atoms with E-state index in [0.29, 0.717) is 5.69 Å². The second-order valence-electron chi connectivity index (χ2n) is 6.68. The number of nitrogens with one attached hydrogen (secondary N) is 1. The minimum Gasteiger partial charge on any atom is -0.390 e. The molecule has 0 radical (unpaired) electrons. The summed E-state index contributed by atoms with van der Waals surface area (Å²) < 4.78 is 1.87. The molecule has 1 aliphatic carbocycles. The normalized spacial score (nSPS) is 21.0. The molecule has 8 nitrogen and oxygen atoms in total. The van der Waals surface area contributed by atoms with Crippen molar-refractivity contribution in [3.8, 4) is 0 Å². The van der Waals surface area contributed by atoms with Crippen molar-refractivity contribution in [1.82, 2.24) is 25.0 Å². The highest BCUT2D eigenvalue weighted by molar-refractivity contribution is 5.48. The van der Waals surface area contributed by atoms with Crippen molar-refractivity contribution >= 4 is 11.6 Å². The summed E-state index contributed by atoms with van der Waals surface area (Å²) >= 11 is 0. The minimum atomic E-state index is -0.0711. The van der Waals surface area contributed by atoms with Crippen molar-refractivity contribution in [2.75, 3.05) is 29.9 Å². The van der Waals surface area contributed by atoms with Crippen molar-refractivity contribution < 1.29 is 5.11 Å². The molecule has 1 aliphatic heterocycles. The third-order valence-corrected chi connectivity index (χ3v) is 4.74. The molecule has 2 aliphatic rings. The van der Waals surface area contributed by atoms with E-state index in [2.05, 4.69) is 30.5 Å². The maximum Gasteiger partial charge on any atom is 0.134 e. The zero-order chi connectivity index (χ0) is 16.4. The molecule has 2 aromatic rings. The molecular formula is C16H23N7O. The first-order valence-electron chi connectivity index (χ1n) is 8.64. The zero-order valence-electron chi connectivity index (χ0n) is 13.7. The van der Waals surface area contributed by atoms with E-state index in [-0.39, 0.29) is 12.6 Å². The lowest BCUT2D eigenvalue weighted by molar-refractivity contribution is 0.276. The van der Waals surface area contributed by atoms with Crippen LogP contribution in [-0.2, 0) is 6.61 Å². The van der Waals surface area contributed by atoms with E-state index in [9.17, 15) is 0 Å². The molecule has 2 aromatic heterocycles. The molecule has 1 unspecified atom stereocenters. The zero-order valence-corrected chi connectivity index (χ0v) is 13.7. The molecule has 1 saturated heterocycles. The Morgan fingerprint density at radius 3 is 2.96 bits per heavy atom. The summed E-state index contributed by atoms with van der Waals surface area (Å²) in [5.74, 6) is 2.67. The van der Waals surface area contributed by atoms with Crippen molar-refractivity contribution in [1.29, 1.82) is 0 Å². The van der Waals surface area contributed by atoms with E-state index < -0.39 is 0 Å². The molecule has 128 valence electrons. The van der Waals surface area contributed by atoms with Crippen molar-refractivity contribution in [3.63, 3.8) is 0 Å². The van der Waals surface area contributed by atoms with Gasteiger partial charge in [-0.2, -0.15) is 0 Å². The molecule has 2 N–H and O–H groups in total. The number of aliphatic hydroxyl groups is 1. The molecule has 0 spiro atoms. The molecule has 1 atom stereocenters. The van der Waals surface area contributed by atoms with Crippen LogP contribution in [0.3, 0.4) is 0 Å². The smallest absolute Gasteiger partial charge is 0.134 e. The molecule has 8 heteroatoms. The number of piperidine rings is 1. The van der Waals surface area contributed by atoms with Gasteiger partial charge in [-0.15, -0.1) is 5.10 Å². The van der Waals surface area contributed by atoms with Crippen LogP contribution in [-0.4, -0.2) is 49.7 Å². The van der Waals surface area contributed by atoms with Crippen LogP contribution in [0.25, 0.3) is 0 Å². The van der Waals surface area contributed by atoms with Crippen LogP contribution in [0.1, 0.15) is 37.4 Å². The highest BCUT2D eigenvalue weighted by Gasteiger charge is 2.24. The fourth-order valence-electron chi connectivity index (χ4n) is 3.13. The van der Waals surface area contributed by atoms with Gasteiger partial charge in [0.1, 0.15) is 23.7 Å². The topological polar surface area (TPSA) is 92.0 Å². The summed E-state index contributed by atoms with van der Waals surface area (Å²) in [4.78, 5) is 11.0. The first-order chi connectivity index (χ1) is 11.8. The van der Waals surface area contributed by atoms with E-state index in [1.165, 1.54) is 12.8 Å². The van der Waals surface area contributed by atoms with Crippen molar-refractivity contribution in [3.05, 3.63) is 24.3 Å². The van der Waals surface area contributed by atoms with Gasteiger partial charge >= 0.3 is 0 Å². The van der Waals surface area contributed by atoms with Crippen LogP contribution in [0.2, 0.25) is 0 Å². The number of hydrogen-bond acceptors (Lipinski definition) is 7. The molecular weight excluding hydrogens is 306 g/mol. The Morgan fingerprint density at radius 2 is 2.17 bits per heavy atom. The number of nitrogens with zero attached hydrogens (tertiary/aromatic N) is 6. The van der Waals surface area contributed by atoms with Gasteiger partial charge in [0.15, 0.2) is 0 Å². The van der Waals surface area contributed by atoms with Gasteiger partial charge in [-0.3, -0.25) is 0 Å². The molecule has 0 amide bonds. The van der Waals surface area contributed by atoms with Gasteiger partial charge in [0, 0.05) is 25.7 Å². The van der Waals surface area contributed by atoms with E-state index in [4.69, 9.17) is 5.11 Å². The molecule has 2 fully saturated rings. The predicted octanol–water partition coefficient (Wildman–Crippen LogP) is 1.22. The lowest BCUT2D eigenvalue weighted by Gasteiger charge is -2.33. The Morgan fingerprint density at radius 1 is 1.25 bits per heavy atom. The first-order valence-corrected chi connectivity index (χ1v) is 8.64. The third-order valence-electron chi connectivity index (χ3n) is 4.74. The average Bonchev–Trinajstić information content (AvgIpc) is 3.35. The van der Waals surface area contributed by atoms with E-state index in [1.807, 2.05) is 16.9 Å². The van der Waals surface area contributed by atoms with Gasteiger partial charge in [-0.1, -0.05) is 5.21 Å². The summed E-state index contributed by atoms with van der Waals surface area (Å²) in [6, 6.07) is 2.29. The number of hydrogen-bond donors (Lipinski definition) is 2. The fourth-order valence-corrected chi connectivity index (χ4v) is 3.13. The van der Waals surface area contributed by atoms with Crippen LogP contribution in [0.4, 0.5) is 11.6 Å². The van der Waals surface area contributed by atoms with Gasteiger partial charge in [0.25, 0.3) is 0 Å². The first kappa shape index (κ1) is 15.3. The maximum absolute atomic E-state index is 9.15. The largest absolute Gasteiger partial charge is 0.390 e. The highest BCUT2D eigenvalue weighted by atomic mass is 16.3. The number of anilines is 2. The Labute approximate surface area is 140 Å². The van der Waals surface area contributed by atoms with Gasteiger partial charge < -0.3 is 15.3 Å². The van der Waals surface area contributed by atoms with Crippen LogP contribution < -0.4 is 10.2 Å². The number of aliphatic hydroxyl groups excluding tert-OH is 1. The molecule has 24 heavy (non-hydrogen) atoms. The fraction of sp³-hybridized carbons (Fsp3) is 0.625. The number of rotatable bonds is 6. The van der Waals surface area contributed by atoms with Crippen LogP contribution >= 0.6 is 0 Å². The second-order valence-corrected chi connectivity index (χ2v) is 6.68. The molecule has 0 aromatic carbocycles. The Hall–Kier alpha value is -2.22. The monoisotopic (exact) mass is 329 g/mol. The lowest BCUT2D eigenvalue weighted by Crippen LogP contribution is -2.37. The Balaban J connectivity index is 1.43. The highest BCUT2D eigenvalue weighted by Crippen LogP contribution is 2.29. The third kappa shape index (κ3) is 3.48. The quantitative estimate of drug-likeness (QED) is 0.823. The van der Waals surface area contributed by atoms with E-state index >= 15 is 0 Å². The molecule has 0 bridgehead atoms. The van der Waals surface area contributed by atoms with Crippen LogP contribution in [0.15, 0.2) is 18.6 Å². The Bertz CT molecular complexity index is 685. The Kier molecular flexibility index (Phi) is 4.29. The second kappa shape index (κ2) is 6.72. The predicted molar refractivity (Wildman–Crippen MR) is 89.7 cm³/mol. The lowest BCUT2D eigenvalue weighted by atomic mass is 10.1. The van der Waals surface area contributed by atoms with E-state index in [0.717, 1.165) is 50.0 Å². The summed E-state index contributed by atoms with van der Waals surface area (Å²) in [7, 11) is 0. The molecule has 1 saturated carbocycles. The van der Waals surface area contributed by atoms with Gasteiger partial charge in [-0.05, 0) is 31.6 Å². The minimum absolute atomic E-state index is 0.0711. The van der Waals surface area contributed by atoms with Crippen LogP contribution in [0, 0.1) is 5.92 Å². The van der Waals surface area contributed by atoms with Gasteiger partial charge in [-0.25, -0.2) is 14.6 Å². The standard InChI is InChI=1S/C16H23N7O/c24-10-13-8-23(21-20-13)14-2-1-5-22(9-14)16-6-15(18-11-19-16)17-7-12-3-4-12/h6,8,11-12,14,24H,1-5,7,9-10H2,(H,17,18,19). The average molecular weight is 329 g/mol. The molecule has 3 heterocycles. The summed E-state index contributed by atoms with van der Waals surface area (Å²) in [6.07, 6.45) is 8.25. The van der Waals surface area contributed by atoms with E-state index in [1.54, 1.807) is 6.33 Å². The van der Waals surface area contributed by atoms with Crippen molar-refractivity contribution in [2.24, 2.45) is 5.92 Å². The maximum atomic E-state index is 9.15. The van der Waals surface area contributed by atoms with Crippen LogP contribution in [0.5, 0.6) is 0 Å². The number of aromatic nitrogens is 5. The SMILES string of the molecule is OCc1cn(C2CCCN(c3cc(NCC4CC4)ncn3)C2)nn1. The summed E-state index contributed by atoms with van der Waals surface area (Å²) in [6.45, 7) is 2.75. The summed E-state index contributed by atoms with van der Waals surface area (Å²) in [5.41, 5.74) is 0.612. The van der Waals surface area contributed by atoms with Crippen molar-refractivity contribution in [2.45, 2.75) is 38.3 Å². The molecule has 4 rings (SSSR count). The summed E-state index contributed by atoms with van der Waals surface area (Å²) in [5, 5.41) is 20.7.